The van der Waals surface area contributed by atoms with E-state index < -0.39 is 0 Å². The van der Waals surface area contributed by atoms with Gasteiger partial charge in [0.1, 0.15) is 0 Å². The average molecular weight is 258 g/mol. The van der Waals surface area contributed by atoms with Gasteiger partial charge in [-0.1, -0.05) is 27.2 Å². The summed E-state index contributed by atoms with van der Waals surface area (Å²) in [4.78, 5) is 2.54. The second-order valence-corrected chi connectivity index (χ2v) is 5.70. The van der Waals surface area contributed by atoms with Gasteiger partial charge in [-0.2, -0.15) is 0 Å². The zero-order valence-electron chi connectivity index (χ0n) is 13.2. The summed E-state index contributed by atoms with van der Waals surface area (Å²) < 4.78 is 5.52. The molecule has 0 fully saturated rings. The van der Waals surface area contributed by atoms with Gasteiger partial charge in [-0.25, -0.2) is 0 Å². The van der Waals surface area contributed by atoms with Gasteiger partial charge >= 0.3 is 0 Å². The molecule has 0 aromatic heterocycles. The number of hydrogen-bond donors (Lipinski definition) is 1. The standard InChI is InChI=1S/C15H34N2O/c1-6-7-11-18-12-9-16-8-10-17(15(4)5)13-14(2)3/h14-16H,6-13H2,1-5H3. The van der Waals surface area contributed by atoms with Crippen LogP contribution < -0.4 is 5.32 Å². The summed E-state index contributed by atoms with van der Waals surface area (Å²) in [6.45, 7) is 17.4. The van der Waals surface area contributed by atoms with Gasteiger partial charge in [0.2, 0.25) is 0 Å². The van der Waals surface area contributed by atoms with Crippen LogP contribution in [0.5, 0.6) is 0 Å². The summed E-state index contributed by atoms with van der Waals surface area (Å²) >= 11 is 0. The Hall–Kier alpha value is -0.120. The summed E-state index contributed by atoms with van der Waals surface area (Å²) in [5.41, 5.74) is 0. The van der Waals surface area contributed by atoms with E-state index in [-0.39, 0.29) is 0 Å². The lowest BCUT2D eigenvalue weighted by Crippen LogP contribution is -2.39. The van der Waals surface area contributed by atoms with Gasteiger partial charge in [-0.15, -0.1) is 0 Å². The Morgan fingerprint density at radius 1 is 1.06 bits per heavy atom. The fourth-order valence-corrected chi connectivity index (χ4v) is 1.87. The molecule has 0 amide bonds. The number of unbranched alkanes of at least 4 members (excludes halogenated alkanes) is 1. The van der Waals surface area contributed by atoms with Crippen molar-refractivity contribution in [1.82, 2.24) is 10.2 Å². The van der Waals surface area contributed by atoms with Crippen molar-refractivity contribution in [3.05, 3.63) is 0 Å². The van der Waals surface area contributed by atoms with Crippen molar-refractivity contribution < 1.29 is 4.74 Å². The third kappa shape index (κ3) is 11.0. The Kier molecular flexibility index (Phi) is 11.9. The smallest absolute Gasteiger partial charge is 0.0590 e. The number of nitrogens with one attached hydrogen (secondary N) is 1. The third-order valence-corrected chi connectivity index (χ3v) is 2.97. The van der Waals surface area contributed by atoms with Gasteiger partial charge < -0.3 is 10.1 Å². The molecule has 110 valence electrons. The van der Waals surface area contributed by atoms with E-state index in [1.807, 2.05) is 0 Å². The largest absolute Gasteiger partial charge is 0.380 e. The van der Waals surface area contributed by atoms with Crippen molar-refractivity contribution in [1.29, 1.82) is 0 Å². The lowest BCUT2D eigenvalue weighted by Gasteiger charge is -2.28. The molecule has 0 aromatic carbocycles. The molecule has 0 aliphatic heterocycles. The molecule has 0 saturated carbocycles. The first-order valence-electron chi connectivity index (χ1n) is 7.60. The highest BCUT2D eigenvalue weighted by Crippen LogP contribution is 2.02. The quantitative estimate of drug-likeness (QED) is 0.545. The second-order valence-electron chi connectivity index (χ2n) is 5.70. The van der Waals surface area contributed by atoms with Crippen LogP contribution in [0, 0.1) is 5.92 Å². The molecule has 0 aliphatic rings. The first kappa shape index (κ1) is 17.9. The normalized spacial score (nSPS) is 12.0. The molecule has 0 aliphatic carbocycles. The zero-order valence-corrected chi connectivity index (χ0v) is 13.2. The Labute approximate surface area is 114 Å². The van der Waals surface area contributed by atoms with Crippen molar-refractivity contribution >= 4 is 0 Å². The van der Waals surface area contributed by atoms with Crippen molar-refractivity contribution in [3.63, 3.8) is 0 Å². The Bertz CT molecular complexity index is 172. The average Bonchev–Trinajstić information content (AvgIpc) is 2.30. The van der Waals surface area contributed by atoms with Crippen molar-refractivity contribution in [3.8, 4) is 0 Å². The minimum Gasteiger partial charge on any atom is -0.380 e. The predicted octanol–water partition coefficient (Wildman–Crippen LogP) is 2.76. The molecule has 18 heavy (non-hydrogen) atoms. The van der Waals surface area contributed by atoms with E-state index in [1.165, 1.54) is 19.4 Å². The number of nitrogens with zero attached hydrogens (tertiary/aromatic N) is 1. The van der Waals surface area contributed by atoms with Gasteiger partial charge in [0, 0.05) is 38.8 Å². The van der Waals surface area contributed by atoms with E-state index in [2.05, 4.69) is 44.8 Å². The van der Waals surface area contributed by atoms with Crippen LogP contribution in [-0.4, -0.2) is 50.3 Å². The van der Waals surface area contributed by atoms with Crippen LogP contribution in [-0.2, 0) is 4.74 Å². The molecule has 0 bridgehead atoms. The summed E-state index contributed by atoms with van der Waals surface area (Å²) in [6, 6.07) is 0.634. The van der Waals surface area contributed by atoms with Crippen molar-refractivity contribution in [2.45, 2.75) is 53.5 Å². The maximum absolute atomic E-state index is 5.52. The van der Waals surface area contributed by atoms with Crippen LogP contribution in [0.3, 0.4) is 0 Å². The van der Waals surface area contributed by atoms with Gasteiger partial charge in [-0.3, -0.25) is 4.90 Å². The minimum atomic E-state index is 0.634. The molecule has 0 spiro atoms. The highest BCUT2D eigenvalue weighted by atomic mass is 16.5. The number of rotatable bonds is 12. The first-order valence-corrected chi connectivity index (χ1v) is 7.60. The molecule has 0 unspecified atom stereocenters. The van der Waals surface area contributed by atoms with Crippen molar-refractivity contribution in [2.24, 2.45) is 5.92 Å². The second kappa shape index (κ2) is 11.9. The van der Waals surface area contributed by atoms with Gasteiger partial charge in [-0.05, 0) is 26.2 Å². The molecule has 1 N–H and O–H groups in total. The molecular formula is C15H34N2O. The number of ether oxygens (including phenoxy) is 1. The molecule has 0 atom stereocenters. The van der Waals surface area contributed by atoms with E-state index in [9.17, 15) is 0 Å². The van der Waals surface area contributed by atoms with Crippen LogP contribution in [0.15, 0.2) is 0 Å². The lowest BCUT2D eigenvalue weighted by atomic mass is 10.2. The fourth-order valence-electron chi connectivity index (χ4n) is 1.87. The third-order valence-electron chi connectivity index (χ3n) is 2.97. The van der Waals surface area contributed by atoms with Gasteiger partial charge in [0.15, 0.2) is 0 Å². The fraction of sp³-hybridized carbons (Fsp3) is 1.00. The van der Waals surface area contributed by atoms with Crippen LogP contribution >= 0.6 is 0 Å². The summed E-state index contributed by atoms with van der Waals surface area (Å²) in [6.07, 6.45) is 2.39. The monoisotopic (exact) mass is 258 g/mol. The SMILES string of the molecule is CCCCOCCNCCN(CC(C)C)C(C)C. The molecule has 0 heterocycles. The van der Waals surface area contributed by atoms with Crippen LogP contribution in [0.4, 0.5) is 0 Å². The number of hydrogen-bond acceptors (Lipinski definition) is 3. The van der Waals surface area contributed by atoms with E-state index >= 15 is 0 Å². The summed E-state index contributed by atoms with van der Waals surface area (Å²) in [5, 5.41) is 3.45. The Morgan fingerprint density at radius 3 is 2.33 bits per heavy atom. The maximum atomic E-state index is 5.52. The van der Waals surface area contributed by atoms with E-state index in [0.29, 0.717) is 6.04 Å². The molecular weight excluding hydrogens is 224 g/mol. The van der Waals surface area contributed by atoms with Crippen molar-refractivity contribution in [2.75, 3.05) is 39.4 Å². The molecule has 0 saturated heterocycles. The minimum absolute atomic E-state index is 0.634. The Balaban J connectivity index is 3.44. The molecule has 3 heteroatoms. The zero-order chi connectivity index (χ0) is 13.8. The molecule has 3 nitrogen and oxygen atoms in total. The van der Waals surface area contributed by atoms with Crippen LogP contribution in [0.1, 0.15) is 47.5 Å². The van der Waals surface area contributed by atoms with E-state index in [1.54, 1.807) is 0 Å². The highest BCUT2D eigenvalue weighted by Gasteiger charge is 2.10. The van der Waals surface area contributed by atoms with E-state index in [0.717, 1.165) is 38.8 Å². The first-order chi connectivity index (χ1) is 8.57. The molecule has 0 radical (unpaired) electrons. The van der Waals surface area contributed by atoms with E-state index in [4.69, 9.17) is 4.74 Å². The Morgan fingerprint density at radius 2 is 1.78 bits per heavy atom. The van der Waals surface area contributed by atoms with Crippen LogP contribution in [0.25, 0.3) is 0 Å². The predicted molar refractivity (Wildman–Crippen MR) is 80.1 cm³/mol. The highest BCUT2D eigenvalue weighted by molar-refractivity contribution is 4.66. The topological polar surface area (TPSA) is 24.5 Å². The maximum Gasteiger partial charge on any atom is 0.0590 e. The summed E-state index contributed by atoms with van der Waals surface area (Å²) in [5.74, 6) is 0.741. The van der Waals surface area contributed by atoms with Gasteiger partial charge in [0.05, 0.1) is 6.61 Å². The molecule has 0 aromatic rings. The van der Waals surface area contributed by atoms with Gasteiger partial charge in [0.25, 0.3) is 0 Å². The molecule has 0 rings (SSSR count). The summed E-state index contributed by atoms with van der Waals surface area (Å²) in [7, 11) is 0. The lowest BCUT2D eigenvalue weighted by molar-refractivity contribution is 0.131. The van der Waals surface area contributed by atoms with Crippen LogP contribution in [0.2, 0.25) is 0 Å².